The molecule has 0 aliphatic carbocycles. The number of ether oxygens (including phenoxy) is 2. The average Bonchev–Trinajstić information content (AvgIpc) is 3.54. The number of amides is 1. The summed E-state index contributed by atoms with van der Waals surface area (Å²) in [4.78, 5) is 31.9. The lowest BCUT2D eigenvalue weighted by Crippen LogP contribution is -2.29. The fraction of sp³-hybridized carbons (Fsp3) is 0.138. The number of ketones is 1. The molecule has 37 heavy (non-hydrogen) atoms. The van der Waals surface area contributed by atoms with E-state index < -0.39 is 17.7 Å². The molecule has 1 aliphatic heterocycles. The van der Waals surface area contributed by atoms with Crippen LogP contribution in [0.25, 0.3) is 5.76 Å². The van der Waals surface area contributed by atoms with Gasteiger partial charge in [0.2, 0.25) is 0 Å². The van der Waals surface area contributed by atoms with E-state index in [0.717, 1.165) is 11.1 Å². The van der Waals surface area contributed by atoms with Gasteiger partial charge in [-0.05, 0) is 54.4 Å². The molecule has 2 heterocycles. The second-order valence-electron chi connectivity index (χ2n) is 8.56. The van der Waals surface area contributed by atoms with Gasteiger partial charge in [0.1, 0.15) is 23.9 Å². The monoisotopic (exact) mass is 512 g/mol. The Balaban J connectivity index is 1.50. The number of rotatable bonds is 7. The summed E-state index contributed by atoms with van der Waals surface area (Å²) >= 11 is 1.24. The lowest BCUT2D eigenvalue weighted by Gasteiger charge is -2.23. The van der Waals surface area contributed by atoms with Gasteiger partial charge in [-0.25, -0.2) is 4.98 Å². The molecule has 1 saturated heterocycles. The van der Waals surface area contributed by atoms with E-state index in [1.54, 1.807) is 67.2 Å². The van der Waals surface area contributed by atoms with Crippen LogP contribution in [0.2, 0.25) is 0 Å². The van der Waals surface area contributed by atoms with Crippen LogP contribution in [0.15, 0.2) is 89.9 Å². The van der Waals surface area contributed by atoms with Crippen LogP contribution in [0, 0.1) is 6.92 Å². The number of carbonyl (C=O) groups is 2. The van der Waals surface area contributed by atoms with Gasteiger partial charge in [0.05, 0.1) is 18.7 Å². The Hall–Kier alpha value is -4.43. The molecule has 1 fully saturated rings. The molecule has 1 amide bonds. The molecule has 1 aromatic heterocycles. The molecule has 1 N–H and O–H groups in total. The number of carbonyl (C=O) groups excluding carboxylic acids is 2. The maximum absolute atomic E-state index is 13.2. The second kappa shape index (κ2) is 10.3. The average molecular weight is 513 g/mol. The van der Waals surface area contributed by atoms with E-state index in [2.05, 4.69) is 11.1 Å². The first-order valence-corrected chi connectivity index (χ1v) is 12.5. The molecule has 0 bridgehead atoms. The van der Waals surface area contributed by atoms with Gasteiger partial charge in [0.15, 0.2) is 5.13 Å². The van der Waals surface area contributed by atoms with Gasteiger partial charge < -0.3 is 14.6 Å². The Labute approximate surface area is 218 Å². The number of aliphatic hydroxyl groups excluding tert-OH is 1. The molecule has 0 unspecified atom stereocenters. The minimum Gasteiger partial charge on any atom is -0.507 e. The molecular weight excluding hydrogens is 488 g/mol. The highest BCUT2D eigenvalue weighted by molar-refractivity contribution is 7.14. The highest BCUT2D eigenvalue weighted by atomic mass is 32.1. The van der Waals surface area contributed by atoms with Gasteiger partial charge in [0.25, 0.3) is 5.78 Å². The molecule has 8 heteroatoms. The highest BCUT2D eigenvalue weighted by Gasteiger charge is 2.48. The minimum absolute atomic E-state index is 0.0121. The molecule has 1 atom stereocenters. The predicted molar refractivity (Wildman–Crippen MR) is 142 cm³/mol. The first-order chi connectivity index (χ1) is 18.0. The van der Waals surface area contributed by atoms with Crippen molar-refractivity contribution < 1.29 is 24.2 Å². The van der Waals surface area contributed by atoms with Crippen LogP contribution >= 0.6 is 11.3 Å². The Kier molecular flexibility index (Phi) is 6.74. The Morgan fingerprint density at radius 3 is 2.51 bits per heavy atom. The number of nitrogens with zero attached hydrogens (tertiary/aromatic N) is 2. The summed E-state index contributed by atoms with van der Waals surface area (Å²) in [7, 11) is 1.54. The normalized spacial score (nSPS) is 16.7. The summed E-state index contributed by atoms with van der Waals surface area (Å²) in [6.45, 7) is 2.43. The van der Waals surface area contributed by atoms with Crippen molar-refractivity contribution in [1.82, 2.24) is 4.98 Å². The fourth-order valence-corrected chi connectivity index (χ4v) is 4.99. The summed E-state index contributed by atoms with van der Waals surface area (Å²) < 4.78 is 11.2. The molecule has 1 aliphatic rings. The molecule has 0 saturated carbocycles. The van der Waals surface area contributed by atoms with Crippen LogP contribution in [-0.2, 0) is 16.2 Å². The van der Waals surface area contributed by atoms with Crippen LogP contribution in [0.4, 0.5) is 5.13 Å². The summed E-state index contributed by atoms with van der Waals surface area (Å²) in [5, 5.41) is 13.4. The van der Waals surface area contributed by atoms with Crippen LogP contribution in [0.3, 0.4) is 0 Å². The zero-order valence-corrected chi connectivity index (χ0v) is 21.1. The number of hydrogen-bond acceptors (Lipinski definition) is 7. The van der Waals surface area contributed by atoms with Crippen molar-refractivity contribution in [2.75, 3.05) is 12.0 Å². The van der Waals surface area contributed by atoms with Crippen molar-refractivity contribution in [2.45, 2.75) is 19.6 Å². The number of thiazole rings is 1. The Morgan fingerprint density at radius 2 is 1.81 bits per heavy atom. The van der Waals surface area contributed by atoms with E-state index >= 15 is 0 Å². The number of aromatic nitrogens is 1. The third-order valence-electron chi connectivity index (χ3n) is 6.10. The fourth-order valence-electron chi connectivity index (χ4n) is 4.32. The number of aryl methyl sites for hydroxylation is 1. The number of Topliss-reactive ketones (excluding diaryl/α,β-unsaturated/α-hetero) is 1. The molecular formula is C29H24N2O5S. The SMILES string of the molecule is COc1cccc([C@H]2C(=C(O)c3ccc(OCc4cccc(C)c4)cc3)C(=O)C(=O)N2c2nccs2)c1. The van der Waals surface area contributed by atoms with E-state index in [4.69, 9.17) is 9.47 Å². The van der Waals surface area contributed by atoms with Gasteiger partial charge in [-0.15, -0.1) is 11.3 Å². The number of anilines is 1. The van der Waals surface area contributed by atoms with Crippen molar-refractivity contribution >= 4 is 33.9 Å². The number of benzene rings is 3. The standard InChI is InChI=1S/C29H24N2O5S/c1-18-5-3-6-19(15-18)17-36-22-11-9-20(10-12-22)26(32)24-25(21-7-4-8-23(16-21)35-2)31(28(34)27(24)33)29-30-13-14-37-29/h3-16,25,32H,17H2,1-2H3/t25-/m0/s1. The third kappa shape index (κ3) is 4.83. The molecule has 3 aromatic carbocycles. The van der Waals surface area contributed by atoms with Gasteiger partial charge >= 0.3 is 5.91 Å². The maximum Gasteiger partial charge on any atom is 0.301 e. The van der Waals surface area contributed by atoms with Crippen molar-refractivity contribution in [3.05, 3.63) is 112 Å². The number of methoxy groups -OCH3 is 1. The third-order valence-corrected chi connectivity index (χ3v) is 6.87. The highest BCUT2D eigenvalue weighted by Crippen LogP contribution is 2.43. The lowest BCUT2D eigenvalue weighted by atomic mass is 9.95. The van der Waals surface area contributed by atoms with Crippen molar-refractivity contribution in [1.29, 1.82) is 0 Å². The summed E-state index contributed by atoms with van der Waals surface area (Å²) in [5.74, 6) is -0.610. The van der Waals surface area contributed by atoms with Gasteiger partial charge in [-0.2, -0.15) is 0 Å². The Morgan fingerprint density at radius 1 is 1.03 bits per heavy atom. The van der Waals surface area contributed by atoms with Crippen LogP contribution in [0.5, 0.6) is 11.5 Å². The first kappa shape index (κ1) is 24.3. The van der Waals surface area contributed by atoms with Gasteiger partial charge in [-0.3, -0.25) is 14.5 Å². The van der Waals surface area contributed by atoms with Crippen molar-refractivity contribution in [2.24, 2.45) is 0 Å². The molecule has 5 rings (SSSR count). The zero-order valence-electron chi connectivity index (χ0n) is 20.3. The number of hydrogen-bond donors (Lipinski definition) is 1. The Bertz CT molecular complexity index is 1480. The van der Waals surface area contributed by atoms with E-state index in [1.165, 1.54) is 16.2 Å². The smallest absolute Gasteiger partial charge is 0.301 e. The van der Waals surface area contributed by atoms with Crippen LogP contribution in [-0.4, -0.2) is 28.9 Å². The van der Waals surface area contributed by atoms with E-state index in [1.807, 2.05) is 25.1 Å². The van der Waals surface area contributed by atoms with E-state index in [-0.39, 0.29) is 11.3 Å². The quantitative estimate of drug-likeness (QED) is 0.195. The molecule has 0 spiro atoms. The molecule has 0 radical (unpaired) electrons. The van der Waals surface area contributed by atoms with E-state index in [9.17, 15) is 14.7 Å². The predicted octanol–water partition coefficient (Wildman–Crippen LogP) is 5.67. The van der Waals surface area contributed by atoms with E-state index in [0.29, 0.717) is 34.4 Å². The zero-order chi connectivity index (χ0) is 25.9. The summed E-state index contributed by atoms with van der Waals surface area (Å²) in [6.07, 6.45) is 1.57. The van der Waals surface area contributed by atoms with Crippen LogP contribution < -0.4 is 14.4 Å². The maximum atomic E-state index is 13.2. The molecule has 4 aromatic rings. The number of aliphatic hydroxyl groups is 1. The first-order valence-electron chi connectivity index (χ1n) is 11.6. The summed E-state index contributed by atoms with van der Waals surface area (Å²) in [6, 6.07) is 21.1. The van der Waals surface area contributed by atoms with Crippen molar-refractivity contribution in [3.8, 4) is 11.5 Å². The van der Waals surface area contributed by atoms with Gasteiger partial charge in [0, 0.05) is 17.1 Å². The molecule has 186 valence electrons. The lowest BCUT2D eigenvalue weighted by molar-refractivity contribution is -0.132. The summed E-state index contributed by atoms with van der Waals surface area (Å²) in [5.41, 5.74) is 3.21. The second-order valence-corrected chi connectivity index (χ2v) is 9.44. The minimum atomic E-state index is -0.863. The largest absolute Gasteiger partial charge is 0.507 e. The topological polar surface area (TPSA) is 89.0 Å². The molecule has 7 nitrogen and oxygen atoms in total. The van der Waals surface area contributed by atoms with Crippen molar-refractivity contribution in [3.63, 3.8) is 0 Å². The van der Waals surface area contributed by atoms with Gasteiger partial charge in [-0.1, -0.05) is 42.0 Å². The van der Waals surface area contributed by atoms with Crippen LogP contribution in [0.1, 0.15) is 28.3 Å².